The molecule has 88 valence electrons. The first kappa shape index (κ1) is 12.5. The van der Waals surface area contributed by atoms with Crippen LogP contribution in [0.15, 0.2) is 24.3 Å². The molecular weight excluding hydrogens is 207 g/mol. The van der Waals surface area contributed by atoms with E-state index in [1.807, 2.05) is 6.92 Å². The molecule has 0 saturated carbocycles. The molecule has 0 aliphatic rings. The van der Waals surface area contributed by atoms with Crippen LogP contribution in [0.1, 0.15) is 18.9 Å². The van der Waals surface area contributed by atoms with Crippen molar-refractivity contribution < 1.29 is 9.18 Å². The van der Waals surface area contributed by atoms with Gasteiger partial charge in [-0.05, 0) is 12.5 Å². The van der Waals surface area contributed by atoms with E-state index < -0.39 is 0 Å². The van der Waals surface area contributed by atoms with E-state index >= 15 is 0 Å². The van der Waals surface area contributed by atoms with Gasteiger partial charge in [0.1, 0.15) is 5.82 Å². The highest BCUT2D eigenvalue weighted by Gasteiger charge is 2.09. The molecular formula is C12H17FN2O. The second kappa shape index (κ2) is 6.10. The predicted molar refractivity (Wildman–Crippen MR) is 61.6 cm³/mol. The van der Waals surface area contributed by atoms with Crippen LogP contribution in [0.2, 0.25) is 0 Å². The Hall–Kier alpha value is -1.58. The van der Waals surface area contributed by atoms with Crippen LogP contribution in [0.4, 0.5) is 9.18 Å². The molecule has 1 N–H and O–H groups in total. The van der Waals surface area contributed by atoms with Crippen molar-refractivity contribution in [2.45, 2.75) is 19.9 Å². The topological polar surface area (TPSA) is 32.3 Å². The second-order valence-electron chi connectivity index (χ2n) is 3.68. The van der Waals surface area contributed by atoms with Crippen LogP contribution in [0.5, 0.6) is 0 Å². The molecule has 2 amide bonds. The molecule has 0 aromatic heterocycles. The zero-order valence-electron chi connectivity index (χ0n) is 9.66. The zero-order valence-corrected chi connectivity index (χ0v) is 9.66. The second-order valence-corrected chi connectivity index (χ2v) is 3.68. The van der Waals surface area contributed by atoms with Crippen molar-refractivity contribution >= 4 is 6.03 Å². The van der Waals surface area contributed by atoms with Crippen molar-refractivity contribution in [1.29, 1.82) is 0 Å². The van der Waals surface area contributed by atoms with Crippen LogP contribution >= 0.6 is 0 Å². The number of nitrogens with one attached hydrogen (secondary N) is 1. The van der Waals surface area contributed by atoms with Gasteiger partial charge < -0.3 is 10.2 Å². The Bertz CT molecular complexity index is 355. The molecule has 0 atom stereocenters. The maximum absolute atomic E-state index is 13.3. The largest absolute Gasteiger partial charge is 0.338 e. The highest BCUT2D eigenvalue weighted by atomic mass is 19.1. The molecule has 1 aromatic carbocycles. The van der Waals surface area contributed by atoms with E-state index in [0.717, 1.165) is 6.42 Å². The monoisotopic (exact) mass is 224 g/mol. The van der Waals surface area contributed by atoms with E-state index in [1.165, 1.54) is 11.0 Å². The molecule has 1 aromatic rings. The molecule has 0 aliphatic carbocycles. The van der Waals surface area contributed by atoms with E-state index in [4.69, 9.17) is 0 Å². The number of hydrogen-bond donors (Lipinski definition) is 1. The fourth-order valence-corrected chi connectivity index (χ4v) is 1.32. The summed E-state index contributed by atoms with van der Waals surface area (Å²) in [6.45, 7) is 2.90. The number of halogens is 1. The fraction of sp³-hybridized carbons (Fsp3) is 0.417. The Kier molecular flexibility index (Phi) is 4.76. The molecule has 0 aliphatic heterocycles. The number of nitrogens with zero attached hydrogens (tertiary/aromatic N) is 1. The molecule has 1 rings (SSSR count). The van der Waals surface area contributed by atoms with Crippen molar-refractivity contribution in [2.75, 3.05) is 13.6 Å². The lowest BCUT2D eigenvalue weighted by molar-refractivity contribution is 0.206. The summed E-state index contributed by atoms with van der Waals surface area (Å²) in [6, 6.07) is 6.29. The van der Waals surface area contributed by atoms with Gasteiger partial charge in [-0.25, -0.2) is 9.18 Å². The van der Waals surface area contributed by atoms with Crippen molar-refractivity contribution in [3.63, 3.8) is 0 Å². The Labute approximate surface area is 95.3 Å². The normalized spacial score (nSPS) is 9.94. The van der Waals surface area contributed by atoms with Gasteiger partial charge in [0.25, 0.3) is 0 Å². The van der Waals surface area contributed by atoms with Gasteiger partial charge in [-0.2, -0.15) is 0 Å². The Morgan fingerprint density at radius 2 is 2.12 bits per heavy atom. The lowest BCUT2D eigenvalue weighted by atomic mass is 10.2. The van der Waals surface area contributed by atoms with Gasteiger partial charge in [0.2, 0.25) is 0 Å². The van der Waals surface area contributed by atoms with Gasteiger partial charge >= 0.3 is 6.03 Å². The van der Waals surface area contributed by atoms with E-state index in [9.17, 15) is 9.18 Å². The lowest BCUT2D eigenvalue weighted by Gasteiger charge is -2.18. The molecule has 0 spiro atoms. The van der Waals surface area contributed by atoms with Crippen LogP contribution in [-0.2, 0) is 6.54 Å². The molecule has 0 heterocycles. The summed E-state index contributed by atoms with van der Waals surface area (Å²) in [5.74, 6) is -0.280. The predicted octanol–water partition coefficient (Wildman–Crippen LogP) is 2.38. The molecule has 4 heteroatoms. The minimum atomic E-state index is -0.280. The molecule has 3 nitrogen and oxygen atoms in total. The van der Waals surface area contributed by atoms with Crippen molar-refractivity contribution in [1.82, 2.24) is 10.2 Å². The number of rotatable bonds is 4. The maximum atomic E-state index is 13.3. The summed E-state index contributed by atoms with van der Waals surface area (Å²) >= 11 is 0. The van der Waals surface area contributed by atoms with Crippen molar-refractivity contribution in [3.8, 4) is 0 Å². The number of urea groups is 1. The summed E-state index contributed by atoms with van der Waals surface area (Å²) in [4.78, 5) is 13.0. The van der Waals surface area contributed by atoms with Crippen molar-refractivity contribution in [3.05, 3.63) is 35.6 Å². The molecule has 0 bridgehead atoms. The Morgan fingerprint density at radius 3 is 2.75 bits per heavy atom. The third-order valence-electron chi connectivity index (χ3n) is 2.24. The quantitative estimate of drug-likeness (QED) is 0.836. The number of amides is 2. The van der Waals surface area contributed by atoms with Gasteiger partial charge in [-0.15, -0.1) is 0 Å². The van der Waals surface area contributed by atoms with E-state index in [2.05, 4.69) is 5.32 Å². The van der Waals surface area contributed by atoms with Crippen molar-refractivity contribution in [2.24, 2.45) is 0 Å². The minimum Gasteiger partial charge on any atom is -0.338 e. The van der Waals surface area contributed by atoms with Gasteiger partial charge in [0, 0.05) is 25.7 Å². The van der Waals surface area contributed by atoms with Gasteiger partial charge in [0.05, 0.1) is 0 Å². The summed E-state index contributed by atoms with van der Waals surface area (Å²) in [5, 5.41) is 2.74. The van der Waals surface area contributed by atoms with Gasteiger partial charge in [-0.1, -0.05) is 25.1 Å². The molecule has 0 radical (unpaired) electrons. The molecule has 0 unspecified atom stereocenters. The molecule has 0 saturated heterocycles. The number of carbonyl (C=O) groups excluding carboxylic acids is 1. The van der Waals surface area contributed by atoms with Gasteiger partial charge in [0.15, 0.2) is 0 Å². The maximum Gasteiger partial charge on any atom is 0.317 e. The first-order valence-corrected chi connectivity index (χ1v) is 5.37. The average Bonchev–Trinajstić information content (AvgIpc) is 2.28. The first-order chi connectivity index (χ1) is 7.65. The standard InChI is InChI=1S/C12H17FN2O/c1-3-8-14-12(16)15(2)9-10-6-4-5-7-11(10)13/h4-7H,3,8-9H2,1-2H3,(H,14,16). The lowest BCUT2D eigenvalue weighted by Crippen LogP contribution is -2.37. The average molecular weight is 224 g/mol. The van der Waals surface area contributed by atoms with Crippen LogP contribution < -0.4 is 5.32 Å². The van der Waals surface area contributed by atoms with E-state index in [1.54, 1.807) is 25.2 Å². The highest BCUT2D eigenvalue weighted by molar-refractivity contribution is 5.73. The number of benzene rings is 1. The highest BCUT2D eigenvalue weighted by Crippen LogP contribution is 2.08. The fourth-order valence-electron chi connectivity index (χ4n) is 1.32. The zero-order chi connectivity index (χ0) is 12.0. The number of carbonyl (C=O) groups is 1. The third-order valence-corrected chi connectivity index (χ3v) is 2.24. The summed E-state index contributed by atoms with van der Waals surface area (Å²) in [5.41, 5.74) is 0.525. The smallest absolute Gasteiger partial charge is 0.317 e. The summed E-state index contributed by atoms with van der Waals surface area (Å²) in [6.07, 6.45) is 0.888. The third kappa shape index (κ3) is 3.53. The van der Waals surface area contributed by atoms with Crippen LogP contribution in [0.3, 0.4) is 0 Å². The molecule has 16 heavy (non-hydrogen) atoms. The van der Waals surface area contributed by atoms with E-state index in [-0.39, 0.29) is 18.4 Å². The van der Waals surface area contributed by atoms with Crippen LogP contribution in [-0.4, -0.2) is 24.5 Å². The Morgan fingerprint density at radius 1 is 1.44 bits per heavy atom. The van der Waals surface area contributed by atoms with E-state index in [0.29, 0.717) is 12.1 Å². The van der Waals surface area contributed by atoms with Crippen LogP contribution in [0.25, 0.3) is 0 Å². The SMILES string of the molecule is CCCNC(=O)N(C)Cc1ccccc1F. The van der Waals surface area contributed by atoms with Crippen LogP contribution in [0, 0.1) is 5.82 Å². The summed E-state index contributed by atoms with van der Waals surface area (Å²) < 4.78 is 13.3. The molecule has 0 fully saturated rings. The Balaban J connectivity index is 2.54. The number of hydrogen-bond acceptors (Lipinski definition) is 1. The first-order valence-electron chi connectivity index (χ1n) is 5.37. The summed E-state index contributed by atoms with van der Waals surface area (Å²) in [7, 11) is 1.65. The van der Waals surface area contributed by atoms with Gasteiger partial charge in [-0.3, -0.25) is 0 Å². The minimum absolute atomic E-state index is 0.176.